The predicted octanol–water partition coefficient (Wildman–Crippen LogP) is 1.51. The van der Waals surface area contributed by atoms with Crippen molar-refractivity contribution in [3.05, 3.63) is 22.4 Å². The van der Waals surface area contributed by atoms with Crippen molar-refractivity contribution >= 4 is 29.2 Å². The third kappa shape index (κ3) is 8.82. The van der Waals surface area contributed by atoms with E-state index in [1.807, 2.05) is 5.38 Å². The van der Waals surface area contributed by atoms with E-state index in [1.165, 1.54) is 11.3 Å². The first-order valence-corrected chi connectivity index (χ1v) is 8.21. The molecule has 3 N–H and O–H groups in total. The molecule has 1 heterocycles. The molecule has 0 unspecified atom stereocenters. The van der Waals surface area contributed by atoms with Gasteiger partial charge in [-0.25, -0.2) is 4.79 Å². The second kappa shape index (κ2) is 9.14. The van der Waals surface area contributed by atoms with Gasteiger partial charge in [0.25, 0.3) is 5.91 Å². The molecule has 23 heavy (non-hydrogen) atoms. The fourth-order valence-electron chi connectivity index (χ4n) is 1.55. The lowest BCUT2D eigenvalue weighted by Gasteiger charge is -2.19. The Morgan fingerprint density at radius 2 is 1.78 bits per heavy atom. The summed E-state index contributed by atoms with van der Waals surface area (Å²) in [5.74, 6) is -0.354. The van der Waals surface area contributed by atoms with E-state index in [4.69, 9.17) is 4.74 Å². The quantitative estimate of drug-likeness (QED) is 0.655. The van der Waals surface area contributed by atoms with Gasteiger partial charge in [0.15, 0.2) is 0 Å². The van der Waals surface area contributed by atoms with Gasteiger partial charge >= 0.3 is 6.09 Å². The van der Waals surface area contributed by atoms with E-state index >= 15 is 0 Å². The van der Waals surface area contributed by atoms with E-state index in [-0.39, 0.29) is 24.8 Å². The standard InChI is InChI=1S/C15H23N3O4S/c1-15(2,3)22-14(21)18-7-6-12(19)16-8-9-17-13(20)11-5-4-10-23-11/h4-5,10H,6-9H2,1-3H3,(H,16,19)(H,17,20)(H,18,21). The van der Waals surface area contributed by atoms with Crippen LogP contribution in [0.25, 0.3) is 0 Å². The zero-order valence-electron chi connectivity index (χ0n) is 13.6. The summed E-state index contributed by atoms with van der Waals surface area (Å²) >= 11 is 1.36. The number of thiophene rings is 1. The molecule has 1 aromatic heterocycles. The Morgan fingerprint density at radius 3 is 2.39 bits per heavy atom. The zero-order valence-corrected chi connectivity index (χ0v) is 14.4. The number of ether oxygens (including phenoxy) is 1. The van der Waals surface area contributed by atoms with Crippen LogP contribution in [0, 0.1) is 0 Å². The van der Waals surface area contributed by atoms with Gasteiger partial charge in [-0.05, 0) is 32.2 Å². The van der Waals surface area contributed by atoms with Gasteiger partial charge in [0.05, 0.1) is 4.88 Å². The highest BCUT2D eigenvalue weighted by Gasteiger charge is 2.15. The van der Waals surface area contributed by atoms with Crippen LogP contribution in [0.3, 0.4) is 0 Å². The molecule has 1 aromatic rings. The molecule has 0 atom stereocenters. The Labute approximate surface area is 139 Å². The molecule has 0 radical (unpaired) electrons. The molecule has 128 valence electrons. The molecule has 3 amide bonds. The van der Waals surface area contributed by atoms with E-state index in [1.54, 1.807) is 32.9 Å². The molecule has 0 saturated carbocycles. The molecular weight excluding hydrogens is 318 g/mol. The minimum Gasteiger partial charge on any atom is -0.444 e. The van der Waals surface area contributed by atoms with Gasteiger partial charge in [0.2, 0.25) is 5.91 Å². The normalized spacial score (nSPS) is 10.7. The molecule has 7 nitrogen and oxygen atoms in total. The fraction of sp³-hybridized carbons (Fsp3) is 0.533. The molecule has 0 aromatic carbocycles. The average Bonchev–Trinajstić information content (AvgIpc) is 2.95. The number of rotatable bonds is 7. The Kier molecular flexibility index (Phi) is 7.53. The average molecular weight is 341 g/mol. The minimum absolute atomic E-state index is 0.151. The fourth-order valence-corrected chi connectivity index (χ4v) is 2.19. The van der Waals surface area contributed by atoms with Crippen LogP contribution >= 0.6 is 11.3 Å². The predicted molar refractivity (Wildman–Crippen MR) is 88.5 cm³/mol. The third-order valence-electron chi connectivity index (χ3n) is 2.50. The van der Waals surface area contributed by atoms with Crippen LogP contribution in [0.5, 0.6) is 0 Å². The van der Waals surface area contributed by atoms with E-state index in [9.17, 15) is 14.4 Å². The largest absolute Gasteiger partial charge is 0.444 e. The lowest BCUT2D eigenvalue weighted by molar-refractivity contribution is -0.120. The first-order chi connectivity index (χ1) is 10.8. The number of nitrogens with one attached hydrogen (secondary N) is 3. The van der Waals surface area contributed by atoms with Crippen molar-refractivity contribution in [3.8, 4) is 0 Å². The highest BCUT2D eigenvalue weighted by molar-refractivity contribution is 7.12. The molecule has 0 bridgehead atoms. The highest BCUT2D eigenvalue weighted by atomic mass is 32.1. The van der Waals surface area contributed by atoms with Gasteiger partial charge in [-0.2, -0.15) is 0 Å². The lowest BCUT2D eigenvalue weighted by Crippen LogP contribution is -2.37. The van der Waals surface area contributed by atoms with Crippen LogP contribution in [0.2, 0.25) is 0 Å². The van der Waals surface area contributed by atoms with Crippen molar-refractivity contribution < 1.29 is 19.1 Å². The van der Waals surface area contributed by atoms with Crippen LogP contribution in [0.15, 0.2) is 17.5 Å². The molecule has 1 rings (SSSR count). The first kappa shape index (κ1) is 19.0. The van der Waals surface area contributed by atoms with Crippen molar-refractivity contribution in [3.63, 3.8) is 0 Å². The Balaban J connectivity index is 2.06. The maximum absolute atomic E-state index is 11.6. The number of hydrogen-bond donors (Lipinski definition) is 3. The second-order valence-corrected chi connectivity index (χ2v) is 6.71. The van der Waals surface area contributed by atoms with Crippen LogP contribution < -0.4 is 16.0 Å². The van der Waals surface area contributed by atoms with Crippen LogP contribution in [-0.4, -0.2) is 43.1 Å². The number of carbonyl (C=O) groups is 3. The first-order valence-electron chi connectivity index (χ1n) is 7.33. The summed E-state index contributed by atoms with van der Waals surface area (Å²) in [7, 11) is 0. The number of amides is 3. The molecule has 0 spiro atoms. The van der Waals surface area contributed by atoms with Crippen molar-refractivity contribution in [2.75, 3.05) is 19.6 Å². The van der Waals surface area contributed by atoms with Crippen molar-refractivity contribution in [2.45, 2.75) is 32.8 Å². The van der Waals surface area contributed by atoms with Crippen LogP contribution in [-0.2, 0) is 9.53 Å². The molecule has 0 fully saturated rings. The van der Waals surface area contributed by atoms with Gasteiger partial charge in [0, 0.05) is 26.1 Å². The molecule has 8 heteroatoms. The van der Waals surface area contributed by atoms with Gasteiger partial charge in [-0.1, -0.05) is 6.07 Å². The lowest BCUT2D eigenvalue weighted by atomic mass is 10.2. The molecule has 0 aliphatic rings. The summed E-state index contributed by atoms with van der Waals surface area (Å²) in [6.07, 6.45) is -0.397. The summed E-state index contributed by atoms with van der Waals surface area (Å²) in [6, 6.07) is 3.54. The topological polar surface area (TPSA) is 96.5 Å². The van der Waals surface area contributed by atoms with Crippen molar-refractivity contribution in [1.82, 2.24) is 16.0 Å². The van der Waals surface area contributed by atoms with Gasteiger partial charge < -0.3 is 20.7 Å². The third-order valence-corrected chi connectivity index (χ3v) is 3.37. The van der Waals surface area contributed by atoms with E-state index in [0.29, 0.717) is 18.0 Å². The molecular formula is C15H23N3O4S. The summed E-state index contributed by atoms with van der Waals surface area (Å²) in [4.78, 5) is 35.2. The van der Waals surface area contributed by atoms with E-state index < -0.39 is 11.7 Å². The second-order valence-electron chi connectivity index (χ2n) is 5.76. The van der Waals surface area contributed by atoms with Crippen molar-refractivity contribution in [1.29, 1.82) is 0 Å². The number of carbonyl (C=O) groups excluding carboxylic acids is 3. The zero-order chi connectivity index (χ0) is 17.3. The smallest absolute Gasteiger partial charge is 0.407 e. The summed E-state index contributed by atoms with van der Waals surface area (Å²) in [6.45, 7) is 6.18. The SMILES string of the molecule is CC(C)(C)OC(=O)NCCC(=O)NCCNC(=O)c1cccs1. The Morgan fingerprint density at radius 1 is 1.09 bits per heavy atom. The van der Waals surface area contributed by atoms with E-state index in [2.05, 4.69) is 16.0 Å². The van der Waals surface area contributed by atoms with Gasteiger partial charge in [0.1, 0.15) is 5.60 Å². The maximum Gasteiger partial charge on any atom is 0.407 e. The Hall–Kier alpha value is -2.09. The summed E-state index contributed by atoms with van der Waals surface area (Å²) in [5.41, 5.74) is -0.562. The summed E-state index contributed by atoms with van der Waals surface area (Å²) < 4.78 is 5.05. The van der Waals surface area contributed by atoms with Crippen LogP contribution in [0.1, 0.15) is 36.9 Å². The van der Waals surface area contributed by atoms with Gasteiger partial charge in [-0.3, -0.25) is 9.59 Å². The number of hydrogen-bond acceptors (Lipinski definition) is 5. The monoisotopic (exact) mass is 341 g/mol. The molecule has 0 aliphatic heterocycles. The molecule has 0 aliphatic carbocycles. The van der Waals surface area contributed by atoms with Gasteiger partial charge in [-0.15, -0.1) is 11.3 Å². The highest BCUT2D eigenvalue weighted by Crippen LogP contribution is 2.07. The number of alkyl carbamates (subject to hydrolysis) is 1. The van der Waals surface area contributed by atoms with Crippen LogP contribution in [0.4, 0.5) is 4.79 Å². The molecule has 0 saturated heterocycles. The minimum atomic E-state index is -0.562. The van der Waals surface area contributed by atoms with E-state index in [0.717, 1.165) is 0 Å². The Bertz CT molecular complexity index is 523. The van der Waals surface area contributed by atoms with Crippen molar-refractivity contribution in [2.24, 2.45) is 0 Å². The maximum atomic E-state index is 11.6. The summed E-state index contributed by atoms with van der Waals surface area (Å²) in [5, 5.41) is 9.71.